The van der Waals surface area contributed by atoms with Crippen molar-refractivity contribution in [3.63, 3.8) is 0 Å². The number of rotatable bonds is 7. The molecule has 4 rings (SSSR count). The van der Waals surface area contributed by atoms with Crippen molar-refractivity contribution in [2.24, 2.45) is 0 Å². The number of hydrogen-bond acceptors (Lipinski definition) is 8. The van der Waals surface area contributed by atoms with Crippen LogP contribution in [0, 0.1) is 5.41 Å². The first kappa shape index (κ1) is 25.0. The van der Waals surface area contributed by atoms with Gasteiger partial charge < -0.3 is 19.8 Å². The molecule has 10 heteroatoms. The summed E-state index contributed by atoms with van der Waals surface area (Å²) >= 11 is 1.48. The SMILES string of the molecule is CSC1=C(C)C(N2CC(C(=O)N3CCN(CC(=O)OCc4ccccc4)CC3)OC2=O)=CCC1=N. The molecule has 0 saturated carbocycles. The molecule has 186 valence electrons. The lowest BCUT2D eigenvalue weighted by molar-refractivity contribution is -0.147. The molecule has 9 nitrogen and oxygen atoms in total. The summed E-state index contributed by atoms with van der Waals surface area (Å²) in [5.41, 5.74) is 3.03. The smallest absolute Gasteiger partial charge is 0.415 e. The first-order valence-corrected chi connectivity index (χ1v) is 12.8. The molecule has 1 aromatic carbocycles. The van der Waals surface area contributed by atoms with E-state index in [0.29, 0.717) is 44.0 Å². The van der Waals surface area contributed by atoms with Crippen LogP contribution >= 0.6 is 11.8 Å². The van der Waals surface area contributed by atoms with Gasteiger partial charge in [-0.25, -0.2) is 4.79 Å². The summed E-state index contributed by atoms with van der Waals surface area (Å²) in [6.07, 6.45) is 2.80. The maximum absolute atomic E-state index is 13.1. The maximum Gasteiger partial charge on any atom is 0.415 e. The number of ether oxygens (including phenoxy) is 2. The number of amides is 2. The fourth-order valence-corrected chi connectivity index (χ4v) is 5.20. The fourth-order valence-electron chi connectivity index (χ4n) is 4.46. The zero-order valence-electron chi connectivity index (χ0n) is 20.0. The van der Waals surface area contributed by atoms with Crippen LogP contribution in [0.15, 0.2) is 52.6 Å². The van der Waals surface area contributed by atoms with E-state index in [4.69, 9.17) is 14.9 Å². The van der Waals surface area contributed by atoms with E-state index in [9.17, 15) is 14.4 Å². The maximum atomic E-state index is 13.1. The first-order chi connectivity index (χ1) is 16.9. The van der Waals surface area contributed by atoms with Gasteiger partial charge in [-0.2, -0.15) is 0 Å². The molecular formula is C25H30N4O5S. The molecule has 0 radical (unpaired) electrons. The summed E-state index contributed by atoms with van der Waals surface area (Å²) in [5.74, 6) is -0.515. The van der Waals surface area contributed by atoms with Crippen LogP contribution in [0.3, 0.4) is 0 Å². The molecular weight excluding hydrogens is 468 g/mol. The molecule has 2 amide bonds. The van der Waals surface area contributed by atoms with E-state index in [1.54, 1.807) is 4.90 Å². The number of esters is 1. The van der Waals surface area contributed by atoms with Crippen molar-refractivity contribution in [2.45, 2.75) is 26.1 Å². The number of benzene rings is 1. The average Bonchev–Trinajstić information content (AvgIpc) is 3.25. The number of allylic oxidation sites excluding steroid dienone is 3. The standard InChI is InChI=1S/C25H30N4O5S/c1-17-20(9-8-19(26)23(17)35-2)29-14-21(34-25(29)32)24(31)28-12-10-27(11-13-28)15-22(30)33-16-18-6-4-3-5-7-18/h3-7,9,21,26H,8,10-16H2,1-2H3. The number of nitrogens with zero attached hydrogens (tertiary/aromatic N) is 3. The van der Waals surface area contributed by atoms with Crippen molar-refractivity contribution < 1.29 is 23.9 Å². The largest absolute Gasteiger partial charge is 0.460 e. The van der Waals surface area contributed by atoms with Crippen LogP contribution in [-0.4, -0.2) is 90.0 Å². The van der Waals surface area contributed by atoms with Crippen LogP contribution in [-0.2, 0) is 25.7 Å². The Morgan fingerprint density at radius 3 is 2.57 bits per heavy atom. The van der Waals surface area contributed by atoms with E-state index in [2.05, 4.69) is 0 Å². The summed E-state index contributed by atoms with van der Waals surface area (Å²) < 4.78 is 10.8. The third-order valence-corrected chi connectivity index (χ3v) is 7.32. The number of nitrogens with one attached hydrogen (secondary N) is 1. The predicted molar refractivity (Wildman–Crippen MR) is 133 cm³/mol. The number of thioether (sulfide) groups is 1. The number of hydrogen-bond donors (Lipinski definition) is 1. The zero-order valence-corrected chi connectivity index (χ0v) is 20.8. The third-order valence-electron chi connectivity index (χ3n) is 6.36. The third kappa shape index (κ3) is 5.76. The van der Waals surface area contributed by atoms with Gasteiger partial charge in [-0.15, -0.1) is 11.8 Å². The molecule has 3 aliphatic rings. The van der Waals surface area contributed by atoms with Crippen molar-refractivity contribution in [1.82, 2.24) is 14.7 Å². The molecule has 0 aromatic heterocycles. The van der Waals surface area contributed by atoms with E-state index >= 15 is 0 Å². The summed E-state index contributed by atoms with van der Waals surface area (Å²) in [6.45, 7) is 4.45. The number of piperazine rings is 1. The number of carbonyl (C=O) groups excluding carboxylic acids is 3. The lowest BCUT2D eigenvalue weighted by Gasteiger charge is -2.34. The minimum absolute atomic E-state index is 0.155. The van der Waals surface area contributed by atoms with E-state index in [1.807, 2.05) is 54.5 Å². The summed E-state index contributed by atoms with van der Waals surface area (Å²) in [7, 11) is 0. The Morgan fingerprint density at radius 1 is 1.17 bits per heavy atom. The van der Waals surface area contributed by atoms with Crippen molar-refractivity contribution >= 4 is 35.4 Å². The van der Waals surface area contributed by atoms with E-state index in [0.717, 1.165) is 16.0 Å². The molecule has 2 saturated heterocycles. The molecule has 2 heterocycles. The highest BCUT2D eigenvalue weighted by Gasteiger charge is 2.41. The summed E-state index contributed by atoms with van der Waals surface area (Å²) in [4.78, 5) is 43.8. The van der Waals surface area contributed by atoms with E-state index < -0.39 is 12.2 Å². The van der Waals surface area contributed by atoms with Crippen LogP contribution in [0.4, 0.5) is 4.79 Å². The van der Waals surface area contributed by atoms with Gasteiger partial charge in [-0.05, 0) is 24.3 Å². The van der Waals surface area contributed by atoms with Crippen molar-refractivity contribution in [1.29, 1.82) is 5.41 Å². The van der Waals surface area contributed by atoms with Gasteiger partial charge in [0.25, 0.3) is 5.91 Å². The molecule has 2 aliphatic heterocycles. The molecule has 1 unspecified atom stereocenters. The number of cyclic esters (lactones) is 1. The van der Waals surface area contributed by atoms with Crippen LogP contribution in [0.2, 0.25) is 0 Å². The molecule has 1 aromatic rings. The highest BCUT2D eigenvalue weighted by molar-refractivity contribution is 8.03. The molecule has 2 fully saturated rings. The van der Waals surface area contributed by atoms with E-state index in [1.165, 1.54) is 16.7 Å². The van der Waals surface area contributed by atoms with Crippen LogP contribution in [0.25, 0.3) is 0 Å². The van der Waals surface area contributed by atoms with Crippen molar-refractivity contribution in [3.05, 3.63) is 58.1 Å². The lowest BCUT2D eigenvalue weighted by Crippen LogP contribution is -2.53. The molecule has 1 aliphatic carbocycles. The lowest BCUT2D eigenvalue weighted by atomic mass is 10.0. The van der Waals surface area contributed by atoms with Crippen LogP contribution in [0.5, 0.6) is 0 Å². The minimum Gasteiger partial charge on any atom is -0.460 e. The molecule has 1 N–H and O–H groups in total. The fraction of sp³-hybridized carbons (Fsp3) is 0.440. The van der Waals surface area contributed by atoms with Crippen molar-refractivity contribution in [2.75, 3.05) is 45.5 Å². The monoisotopic (exact) mass is 498 g/mol. The molecule has 0 spiro atoms. The second kappa shape index (κ2) is 11.1. The minimum atomic E-state index is -0.863. The Hall–Kier alpha value is -3.11. The average molecular weight is 499 g/mol. The number of carbonyl (C=O) groups is 3. The highest BCUT2D eigenvalue weighted by atomic mass is 32.2. The van der Waals surface area contributed by atoms with Gasteiger partial charge in [0.05, 0.1) is 13.1 Å². The summed E-state index contributed by atoms with van der Waals surface area (Å²) in [5, 5.41) is 8.10. The second-order valence-electron chi connectivity index (χ2n) is 8.66. The Morgan fingerprint density at radius 2 is 1.89 bits per heavy atom. The van der Waals surface area contributed by atoms with Gasteiger partial charge in [-0.1, -0.05) is 36.4 Å². The first-order valence-electron chi connectivity index (χ1n) is 11.6. The second-order valence-corrected chi connectivity index (χ2v) is 9.48. The highest BCUT2D eigenvalue weighted by Crippen LogP contribution is 2.33. The van der Waals surface area contributed by atoms with Gasteiger partial charge in [0, 0.05) is 48.9 Å². The Balaban J connectivity index is 1.26. The van der Waals surface area contributed by atoms with E-state index in [-0.39, 0.29) is 31.6 Å². The molecule has 0 bridgehead atoms. The zero-order chi connectivity index (χ0) is 24.9. The topological polar surface area (TPSA) is 103 Å². The van der Waals surface area contributed by atoms with Gasteiger partial charge in [0.15, 0.2) is 6.10 Å². The summed E-state index contributed by atoms with van der Waals surface area (Å²) in [6, 6.07) is 9.53. The van der Waals surface area contributed by atoms with Crippen LogP contribution in [0.1, 0.15) is 18.9 Å². The van der Waals surface area contributed by atoms with Crippen LogP contribution < -0.4 is 0 Å². The Bertz CT molecular complexity index is 1060. The van der Waals surface area contributed by atoms with Gasteiger partial charge in [-0.3, -0.25) is 19.4 Å². The Kier molecular flexibility index (Phi) is 7.92. The van der Waals surface area contributed by atoms with Gasteiger partial charge in [0.2, 0.25) is 0 Å². The quantitative estimate of drug-likeness (QED) is 0.577. The molecule has 1 atom stereocenters. The van der Waals surface area contributed by atoms with Crippen molar-refractivity contribution in [3.8, 4) is 0 Å². The predicted octanol–water partition coefficient (Wildman–Crippen LogP) is 2.64. The Labute approximate surface area is 209 Å². The van der Waals surface area contributed by atoms with Gasteiger partial charge >= 0.3 is 12.1 Å². The molecule has 35 heavy (non-hydrogen) atoms. The normalized spacial score (nSPS) is 21.2. The van der Waals surface area contributed by atoms with Gasteiger partial charge in [0.1, 0.15) is 6.61 Å².